The maximum Gasteiger partial charge on any atom is 0.407 e. The topological polar surface area (TPSA) is 109 Å². The summed E-state index contributed by atoms with van der Waals surface area (Å²) in [6.45, 7) is 8.03. The van der Waals surface area contributed by atoms with Crippen LogP contribution >= 0.6 is 0 Å². The highest BCUT2D eigenvalue weighted by Gasteiger charge is 2.34. The molecule has 8 nitrogen and oxygen atoms in total. The number of carbonyl (C=O) groups is 3. The molecule has 28 heavy (non-hydrogen) atoms. The summed E-state index contributed by atoms with van der Waals surface area (Å²) in [6.07, 6.45) is 6.06. The number of hydrogen-bond acceptors (Lipinski definition) is 5. The van der Waals surface area contributed by atoms with E-state index in [2.05, 4.69) is 21.3 Å². The molecule has 1 aliphatic rings. The third-order valence-electron chi connectivity index (χ3n) is 5.11. The van der Waals surface area contributed by atoms with E-state index in [1.165, 1.54) is 0 Å². The van der Waals surface area contributed by atoms with Crippen molar-refractivity contribution in [1.29, 1.82) is 0 Å². The molecule has 4 N–H and O–H groups in total. The monoisotopic (exact) mass is 398 g/mol. The Bertz CT molecular complexity index is 521. The molecule has 0 saturated heterocycles. The van der Waals surface area contributed by atoms with Gasteiger partial charge >= 0.3 is 6.09 Å². The number of hydrogen-bond donors (Lipinski definition) is 4. The smallest absolute Gasteiger partial charge is 0.407 e. The van der Waals surface area contributed by atoms with Crippen molar-refractivity contribution in [3.63, 3.8) is 0 Å². The number of rotatable bonds is 10. The molecule has 1 fully saturated rings. The first-order valence-electron chi connectivity index (χ1n) is 10.3. The van der Waals surface area contributed by atoms with Gasteiger partial charge in [0.25, 0.3) is 0 Å². The zero-order valence-corrected chi connectivity index (χ0v) is 18.0. The number of carbonyl (C=O) groups excluding carboxylic acids is 3. The van der Waals surface area contributed by atoms with E-state index in [0.29, 0.717) is 25.8 Å². The Morgan fingerprint density at radius 2 is 1.71 bits per heavy atom. The van der Waals surface area contributed by atoms with Gasteiger partial charge in [-0.1, -0.05) is 0 Å². The van der Waals surface area contributed by atoms with Crippen molar-refractivity contribution in [3.05, 3.63) is 0 Å². The van der Waals surface area contributed by atoms with Crippen LogP contribution in [0.15, 0.2) is 0 Å². The molecule has 0 aromatic rings. The minimum atomic E-state index is -0.660. The lowest BCUT2D eigenvalue weighted by Crippen LogP contribution is -2.57. The van der Waals surface area contributed by atoms with E-state index in [0.717, 1.165) is 32.1 Å². The van der Waals surface area contributed by atoms with Gasteiger partial charge in [-0.25, -0.2) is 4.79 Å². The predicted octanol–water partition coefficient (Wildman–Crippen LogP) is 1.83. The lowest BCUT2D eigenvalue weighted by atomic mass is 9.89. The molecule has 0 aromatic heterocycles. The van der Waals surface area contributed by atoms with Gasteiger partial charge in [-0.3, -0.25) is 9.59 Å². The number of likely N-dealkylation sites (N-methyl/N-ethyl adjacent to an activating group) is 1. The molecule has 3 unspecified atom stereocenters. The molecular weight excluding hydrogens is 360 g/mol. The molecule has 3 amide bonds. The molecule has 0 aliphatic heterocycles. The van der Waals surface area contributed by atoms with E-state index in [9.17, 15) is 14.4 Å². The molecule has 0 spiro atoms. The molecule has 0 aromatic carbocycles. The fourth-order valence-corrected chi connectivity index (χ4v) is 3.39. The maximum absolute atomic E-state index is 12.8. The van der Waals surface area contributed by atoms with Gasteiger partial charge in [0.1, 0.15) is 5.60 Å². The second kappa shape index (κ2) is 11.2. The minimum absolute atomic E-state index is 0.00385. The van der Waals surface area contributed by atoms with E-state index < -0.39 is 17.2 Å². The van der Waals surface area contributed by atoms with Crippen molar-refractivity contribution in [3.8, 4) is 0 Å². The molecular formula is C20H38N4O4. The molecule has 0 radical (unpaired) electrons. The van der Waals surface area contributed by atoms with E-state index in [4.69, 9.17) is 4.74 Å². The molecule has 1 saturated carbocycles. The lowest BCUT2D eigenvalue weighted by molar-refractivity contribution is -0.128. The van der Waals surface area contributed by atoms with Gasteiger partial charge in [-0.2, -0.15) is 0 Å². The Balaban J connectivity index is 2.50. The van der Waals surface area contributed by atoms with Gasteiger partial charge in [0, 0.05) is 18.6 Å². The number of alkyl carbamates (subject to hydrolysis) is 1. The third-order valence-corrected chi connectivity index (χ3v) is 5.11. The Morgan fingerprint density at radius 1 is 1.07 bits per heavy atom. The fourth-order valence-electron chi connectivity index (χ4n) is 3.39. The summed E-state index contributed by atoms with van der Waals surface area (Å²) in [6, 6.07) is 0.0368. The van der Waals surface area contributed by atoms with E-state index >= 15 is 0 Å². The van der Waals surface area contributed by atoms with Crippen LogP contribution in [0, 0.1) is 0 Å². The standard InChI is InChI=1S/C20H38N4O4/c1-19(2,3)28-18(27)24-16-10-8-9-15(13-16)23-17(26)20(4,21-5)11-6-7-12-22-14-25/h14-16,21H,6-13H2,1-5H3,(H,22,25)(H,23,26)(H,24,27). The van der Waals surface area contributed by atoms with Crippen molar-refractivity contribution in [2.24, 2.45) is 0 Å². The molecule has 0 heterocycles. The van der Waals surface area contributed by atoms with Crippen LogP contribution in [-0.4, -0.2) is 55.2 Å². The van der Waals surface area contributed by atoms with E-state index in [1.54, 1.807) is 7.05 Å². The zero-order chi connectivity index (χ0) is 21.2. The van der Waals surface area contributed by atoms with Gasteiger partial charge in [0.2, 0.25) is 12.3 Å². The molecule has 8 heteroatoms. The number of ether oxygens (including phenoxy) is 1. The molecule has 162 valence electrons. The maximum atomic E-state index is 12.8. The van der Waals surface area contributed by atoms with Crippen LogP contribution in [-0.2, 0) is 14.3 Å². The fraction of sp³-hybridized carbons (Fsp3) is 0.850. The Labute approximate surface area is 168 Å². The van der Waals surface area contributed by atoms with Gasteiger partial charge in [-0.15, -0.1) is 0 Å². The summed E-state index contributed by atoms with van der Waals surface area (Å²) < 4.78 is 5.33. The second-order valence-electron chi connectivity index (χ2n) is 8.79. The highest BCUT2D eigenvalue weighted by atomic mass is 16.6. The van der Waals surface area contributed by atoms with Crippen LogP contribution in [0.3, 0.4) is 0 Å². The zero-order valence-electron chi connectivity index (χ0n) is 18.0. The van der Waals surface area contributed by atoms with Crippen molar-refractivity contribution < 1.29 is 19.1 Å². The van der Waals surface area contributed by atoms with Gasteiger partial charge in [0.15, 0.2) is 0 Å². The third kappa shape index (κ3) is 8.91. The van der Waals surface area contributed by atoms with E-state index in [1.807, 2.05) is 27.7 Å². The number of unbranched alkanes of at least 4 members (excludes halogenated alkanes) is 1. The summed E-state index contributed by atoms with van der Waals surface area (Å²) in [4.78, 5) is 35.1. The van der Waals surface area contributed by atoms with E-state index in [-0.39, 0.29) is 18.0 Å². The van der Waals surface area contributed by atoms with Crippen molar-refractivity contribution in [1.82, 2.24) is 21.3 Å². The molecule has 3 atom stereocenters. The second-order valence-corrected chi connectivity index (χ2v) is 8.79. The van der Waals surface area contributed by atoms with Crippen LogP contribution in [0.1, 0.15) is 72.6 Å². The Kier molecular flexibility index (Phi) is 9.72. The average Bonchev–Trinajstić information content (AvgIpc) is 2.59. The molecule has 1 aliphatic carbocycles. The molecule has 0 bridgehead atoms. The first-order chi connectivity index (χ1) is 13.1. The van der Waals surface area contributed by atoms with Crippen molar-refractivity contribution >= 4 is 18.4 Å². The Morgan fingerprint density at radius 3 is 2.29 bits per heavy atom. The van der Waals surface area contributed by atoms with Crippen LogP contribution in [0.4, 0.5) is 4.79 Å². The lowest BCUT2D eigenvalue weighted by Gasteiger charge is -2.34. The number of amides is 3. The van der Waals surface area contributed by atoms with Crippen LogP contribution < -0.4 is 21.3 Å². The number of nitrogens with one attached hydrogen (secondary N) is 4. The highest BCUT2D eigenvalue weighted by Crippen LogP contribution is 2.21. The molecule has 1 rings (SSSR count). The predicted molar refractivity (Wildman–Crippen MR) is 109 cm³/mol. The van der Waals surface area contributed by atoms with Crippen molar-refractivity contribution in [2.75, 3.05) is 13.6 Å². The van der Waals surface area contributed by atoms with Crippen LogP contribution in [0.2, 0.25) is 0 Å². The highest BCUT2D eigenvalue weighted by molar-refractivity contribution is 5.86. The van der Waals surface area contributed by atoms with Gasteiger partial charge in [-0.05, 0) is 79.7 Å². The average molecular weight is 399 g/mol. The normalized spacial score (nSPS) is 21.9. The van der Waals surface area contributed by atoms with Gasteiger partial charge < -0.3 is 26.0 Å². The van der Waals surface area contributed by atoms with Crippen LogP contribution in [0.5, 0.6) is 0 Å². The summed E-state index contributed by atoms with van der Waals surface area (Å²) >= 11 is 0. The van der Waals surface area contributed by atoms with Crippen molar-refractivity contribution in [2.45, 2.75) is 95.9 Å². The summed E-state index contributed by atoms with van der Waals surface area (Å²) in [5.74, 6) is -0.0266. The SMILES string of the molecule is CNC(C)(CCCCNC=O)C(=O)NC1CCCC(NC(=O)OC(C)(C)C)C1. The quantitative estimate of drug-likeness (QED) is 0.332. The largest absolute Gasteiger partial charge is 0.444 e. The minimum Gasteiger partial charge on any atom is -0.444 e. The first kappa shape index (κ1) is 24.2. The Hall–Kier alpha value is -1.83. The van der Waals surface area contributed by atoms with Crippen LogP contribution in [0.25, 0.3) is 0 Å². The van der Waals surface area contributed by atoms with Gasteiger partial charge in [0.05, 0.1) is 5.54 Å². The summed E-state index contributed by atoms with van der Waals surface area (Å²) in [5, 5.41) is 11.8. The summed E-state index contributed by atoms with van der Waals surface area (Å²) in [5.41, 5.74) is -1.19. The first-order valence-corrected chi connectivity index (χ1v) is 10.3. The summed E-state index contributed by atoms with van der Waals surface area (Å²) in [7, 11) is 1.79.